The van der Waals surface area contributed by atoms with Crippen molar-refractivity contribution in [2.75, 3.05) is 20.2 Å². The summed E-state index contributed by atoms with van der Waals surface area (Å²) in [6.45, 7) is 2.95. The first-order valence-electron chi connectivity index (χ1n) is 8.42. The Morgan fingerprint density at radius 3 is 2.84 bits per heavy atom. The van der Waals surface area contributed by atoms with Crippen LogP contribution in [0, 0.1) is 6.92 Å². The van der Waals surface area contributed by atoms with Crippen molar-refractivity contribution in [2.24, 2.45) is 7.05 Å². The quantitative estimate of drug-likeness (QED) is 0.749. The molecule has 0 aliphatic carbocycles. The molecule has 1 aromatic heterocycles. The van der Waals surface area contributed by atoms with Gasteiger partial charge in [0.05, 0.1) is 17.8 Å². The second-order valence-corrected chi connectivity index (χ2v) is 8.43. The van der Waals surface area contributed by atoms with Gasteiger partial charge in [0.15, 0.2) is 0 Å². The minimum atomic E-state index is -3.74. The van der Waals surface area contributed by atoms with E-state index in [0.717, 1.165) is 28.4 Å². The third kappa shape index (κ3) is 3.86. The van der Waals surface area contributed by atoms with E-state index in [1.54, 1.807) is 17.9 Å². The van der Waals surface area contributed by atoms with Gasteiger partial charge in [0, 0.05) is 39.0 Å². The molecule has 0 bridgehead atoms. The first-order chi connectivity index (χ1) is 11.8. The van der Waals surface area contributed by atoms with E-state index in [0.29, 0.717) is 19.6 Å². The van der Waals surface area contributed by atoms with Crippen LogP contribution in [0.2, 0.25) is 0 Å². The Hall–Kier alpha value is -1.49. The van der Waals surface area contributed by atoms with Gasteiger partial charge in [0.25, 0.3) is 10.2 Å². The number of aryl methyl sites for hydroxylation is 2. The normalized spacial score (nSPS) is 29.6. The number of nitrogens with zero attached hydrogens (tertiary/aromatic N) is 3. The molecular formula is C15H25N5O4S. The molecule has 3 atom stereocenters. The highest BCUT2D eigenvalue weighted by Crippen LogP contribution is 2.29. The van der Waals surface area contributed by atoms with Crippen LogP contribution in [0.3, 0.4) is 0 Å². The third-order valence-electron chi connectivity index (χ3n) is 4.83. The van der Waals surface area contributed by atoms with Crippen LogP contribution in [0.25, 0.3) is 0 Å². The van der Waals surface area contributed by atoms with Gasteiger partial charge in [0.2, 0.25) is 5.91 Å². The first-order valence-corrected chi connectivity index (χ1v) is 9.86. The molecule has 0 spiro atoms. The topological polar surface area (TPSA) is 106 Å². The number of ether oxygens (including phenoxy) is 1. The summed E-state index contributed by atoms with van der Waals surface area (Å²) < 4.78 is 35.8. The van der Waals surface area contributed by atoms with Crippen LogP contribution in [0.15, 0.2) is 6.20 Å². The van der Waals surface area contributed by atoms with Crippen molar-refractivity contribution in [3.8, 4) is 0 Å². The summed E-state index contributed by atoms with van der Waals surface area (Å²) in [7, 11) is -0.539. The van der Waals surface area contributed by atoms with Crippen LogP contribution in [0.5, 0.6) is 0 Å². The maximum atomic E-state index is 12.6. The number of carbonyl (C=O) groups excluding carboxylic acids is 1. The van der Waals surface area contributed by atoms with E-state index in [2.05, 4.69) is 15.1 Å². The van der Waals surface area contributed by atoms with Crippen LogP contribution in [0.4, 0.5) is 0 Å². The Kier molecular flexibility index (Phi) is 5.14. The first kappa shape index (κ1) is 18.3. The molecule has 25 heavy (non-hydrogen) atoms. The molecule has 3 rings (SSSR count). The average molecular weight is 371 g/mol. The lowest BCUT2D eigenvalue weighted by Crippen LogP contribution is -2.57. The lowest BCUT2D eigenvalue weighted by atomic mass is 10.00. The highest BCUT2D eigenvalue weighted by Gasteiger charge is 2.41. The van der Waals surface area contributed by atoms with Gasteiger partial charge < -0.3 is 10.1 Å². The Balaban J connectivity index is 1.74. The molecule has 0 radical (unpaired) electrons. The molecule has 1 aromatic rings. The van der Waals surface area contributed by atoms with Crippen molar-refractivity contribution in [3.05, 3.63) is 17.5 Å². The predicted octanol–water partition coefficient (Wildman–Crippen LogP) is -0.397. The highest BCUT2D eigenvalue weighted by molar-refractivity contribution is 7.87. The number of likely N-dealkylation sites (N-methyl/N-ethyl adjacent to an activating group) is 1. The van der Waals surface area contributed by atoms with Gasteiger partial charge >= 0.3 is 0 Å². The van der Waals surface area contributed by atoms with Crippen LogP contribution in [-0.4, -0.2) is 60.8 Å². The molecular weight excluding hydrogens is 346 g/mol. The molecule has 3 heterocycles. The fourth-order valence-electron chi connectivity index (χ4n) is 3.41. The molecule has 0 aromatic carbocycles. The zero-order valence-corrected chi connectivity index (χ0v) is 15.5. The molecule has 10 heteroatoms. The predicted molar refractivity (Wildman–Crippen MR) is 90.9 cm³/mol. The van der Waals surface area contributed by atoms with E-state index in [9.17, 15) is 13.2 Å². The summed E-state index contributed by atoms with van der Waals surface area (Å²) in [5, 5.41) is 7.10. The zero-order valence-electron chi connectivity index (χ0n) is 14.7. The maximum Gasteiger partial charge on any atom is 0.280 e. The minimum Gasteiger partial charge on any atom is -0.376 e. The van der Waals surface area contributed by atoms with Crippen molar-refractivity contribution >= 4 is 16.1 Å². The number of aromatic nitrogens is 2. The van der Waals surface area contributed by atoms with Crippen molar-refractivity contribution < 1.29 is 17.9 Å². The number of nitrogens with one attached hydrogen (secondary N) is 2. The van der Waals surface area contributed by atoms with Crippen LogP contribution < -0.4 is 10.0 Å². The number of rotatable bonds is 4. The van der Waals surface area contributed by atoms with Crippen LogP contribution in [-0.2, 0) is 26.8 Å². The second-order valence-electron chi connectivity index (χ2n) is 6.67. The zero-order chi connectivity index (χ0) is 18.2. The summed E-state index contributed by atoms with van der Waals surface area (Å²) in [4.78, 5) is 12.6. The molecule has 0 saturated carbocycles. The van der Waals surface area contributed by atoms with Crippen LogP contribution >= 0.6 is 0 Å². The summed E-state index contributed by atoms with van der Waals surface area (Å²) in [6.07, 6.45) is 4.06. The molecule has 2 saturated heterocycles. The van der Waals surface area contributed by atoms with Crippen molar-refractivity contribution in [1.82, 2.24) is 24.1 Å². The van der Waals surface area contributed by atoms with E-state index >= 15 is 0 Å². The molecule has 1 amide bonds. The average Bonchev–Trinajstić information content (AvgIpc) is 3.16. The number of carbonyl (C=O) groups is 1. The SMILES string of the molecule is Cc1nn(C)cc1C1CC(C(=O)NCC2CCCO2)N(C)S(=O)(=O)N1. The molecule has 2 N–H and O–H groups in total. The summed E-state index contributed by atoms with van der Waals surface area (Å²) in [5.74, 6) is -0.297. The van der Waals surface area contributed by atoms with Gasteiger partial charge in [0.1, 0.15) is 6.04 Å². The lowest BCUT2D eigenvalue weighted by molar-refractivity contribution is -0.125. The molecule has 2 aliphatic rings. The molecule has 2 fully saturated rings. The summed E-state index contributed by atoms with van der Waals surface area (Å²) in [5.41, 5.74) is 1.54. The van der Waals surface area contributed by atoms with Gasteiger partial charge in [-0.05, 0) is 26.2 Å². The standard InChI is InChI=1S/C15H25N5O4S/c1-10-12(9-19(2)17-10)13-7-14(20(3)25(22,23)18-13)15(21)16-8-11-5-4-6-24-11/h9,11,13-14,18H,4-8H2,1-3H3,(H,16,21). The maximum absolute atomic E-state index is 12.6. The molecule has 3 unspecified atom stereocenters. The monoisotopic (exact) mass is 371 g/mol. The molecule has 140 valence electrons. The number of amides is 1. The highest BCUT2D eigenvalue weighted by atomic mass is 32.2. The number of hydrogen-bond donors (Lipinski definition) is 2. The van der Waals surface area contributed by atoms with Crippen LogP contribution in [0.1, 0.15) is 36.6 Å². The third-order valence-corrected chi connectivity index (χ3v) is 6.42. The number of hydrogen-bond acceptors (Lipinski definition) is 5. The van der Waals surface area contributed by atoms with E-state index in [-0.39, 0.29) is 12.0 Å². The second kappa shape index (κ2) is 7.02. The van der Waals surface area contributed by atoms with Crippen molar-refractivity contribution in [2.45, 2.75) is 44.4 Å². The fourth-order valence-corrected chi connectivity index (χ4v) is 4.68. The van der Waals surface area contributed by atoms with E-state index < -0.39 is 22.3 Å². The van der Waals surface area contributed by atoms with Gasteiger partial charge in [-0.1, -0.05) is 0 Å². The molecule has 9 nitrogen and oxygen atoms in total. The van der Waals surface area contributed by atoms with E-state index in [1.807, 2.05) is 6.92 Å². The largest absolute Gasteiger partial charge is 0.376 e. The fraction of sp³-hybridized carbons (Fsp3) is 0.733. The van der Waals surface area contributed by atoms with Crippen molar-refractivity contribution in [1.29, 1.82) is 0 Å². The van der Waals surface area contributed by atoms with Gasteiger partial charge in [-0.3, -0.25) is 9.48 Å². The van der Waals surface area contributed by atoms with Gasteiger partial charge in [-0.25, -0.2) is 0 Å². The lowest BCUT2D eigenvalue weighted by Gasteiger charge is -2.36. The minimum absolute atomic E-state index is 0.0175. The van der Waals surface area contributed by atoms with E-state index in [4.69, 9.17) is 4.74 Å². The Morgan fingerprint density at radius 1 is 1.48 bits per heavy atom. The summed E-state index contributed by atoms with van der Waals surface area (Å²) in [6, 6.07) is -1.24. The summed E-state index contributed by atoms with van der Waals surface area (Å²) >= 11 is 0. The molecule has 2 aliphatic heterocycles. The van der Waals surface area contributed by atoms with E-state index in [1.165, 1.54) is 7.05 Å². The van der Waals surface area contributed by atoms with Crippen molar-refractivity contribution in [3.63, 3.8) is 0 Å². The Morgan fingerprint density at radius 2 is 2.24 bits per heavy atom. The Labute approximate surface area is 147 Å². The van der Waals surface area contributed by atoms with Gasteiger partial charge in [-0.2, -0.15) is 22.5 Å². The van der Waals surface area contributed by atoms with Gasteiger partial charge in [-0.15, -0.1) is 0 Å². The Bertz CT molecular complexity index is 741. The smallest absolute Gasteiger partial charge is 0.280 e.